The molecule has 3 N–H and O–H groups in total. The molecule has 3 amide bonds. The Labute approximate surface area is 141 Å². The van der Waals surface area contributed by atoms with Crippen LogP contribution < -0.4 is 16.0 Å². The highest BCUT2D eigenvalue weighted by Crippen LogP contribution is 2.17. The zero-order chi connectivity index (χ0) is 17.4. The Morgan fingerprint density at radius 2 is 1.71 bits per heavy atom. The highest BCUT2D eigenvalue weighted by atomic mass is 16.2. The average molecular weight is 329 g/mol. The van der Waals surface area contributed by atoms with Crippen LogP contribution in [0.3, 0.4) is 0 Å². The van der Waals surface area contributed by atoms with Crippen LogP contribution in [-0.2, 0) is 9.59 Å². The molecule has 0 aliphatic heterocycles. The molecule has 1 aromatic carbocycles. The Morgan fingerprint density at radius 1 is 1.04 bits per heavy atom. The van der Waals surface area contributed by atoms with Crippen molar-refractivity contribution in [2.75, 3.05) is 11.9 Å². The smallest absolute Gasteiger partial charge is 0.313 e. The van der Waals surface area contributed by atoms with Crippen LogP contribution in [-0.4, -0.2) is 30.3 Å². The molecular weight excluding hydrogens is 306 g/mol. The first-order valence-electron chi connectivity index (χ1n) is 8.21. The zero-order valence-corrected chi connectivity index (χ0v) is 13.6. The summed E-state index contributed by atoms with van der Waals surface area (Å²) in [5.41, 5.74) is 0.945. The summed E-state index contributed by atoms with van der Waals surface area (Å²) >= 11 is 0. The first kappa shape index (κ1) is 17.7. The van der Waals surface area contributed by atoms with Gasteiger partial charge in [0.1, 0.15) is 0 Å². The molecule has 0 atom stereocenters. The number of hydrogen-bond donors (Lipinski definition) is 3. The molecule has 0 heterocycles. The topological polar surface area (TPSA) is 87.3 Å². The number of nitrogens with one attached hydrogen (secondary N) is 3. The summed E-state index contributed by atoms with van der Waals surface area (Å²) in [6.45, 7) is 3.92. The third-order valence-corrected chi connectivity index (χ3v) is 3.96. The lowest BCUT2D eigenvalue weighted by Crippen LogP contribution is -2.42. The van der Waals surface area contributed by atoms with E-state index in [4.69, 9.17) is 0 Å². The van der Waals surface area contributed by atoms with Gasteiger partial charge in [-0.05, 0) is 37.1 Å². The minimum Gasteiger partial charge on any atom is -0.349 e. The van der Waals surface area contributed by atoms with E-state index >= 15 is 0 Å². The SMILES string of the molecule is C=CCNC(=O)c1ccc(NC(=O)C(=O)NC2CCCCC2)cc1. The van der Waals surface area contributed by atoms with Crippen LogP contribution >= 0.6 is 0 Å². The second kappa shape index (κ2) is 8.86. The molecular formula is C18H23N3O3. The summed E-state index contributed by atoms with van der Waals surface area (Å²) in [7, 11) is 0. The number of carbonyl (C=O) groups excluding carboxylic acids is 3. The molecule has 24 heavy (non-hydrogen) atoms. The molecule has 0 spiro atoms. The fourth-order valence-corrected chi connectivity index (χ4v) is 2.66. The minimum absolute atomic E-state index is 0.0907. The third kappa shape index (κ3) is 5.22. The summed E-state index contributed by atoms with van der Waals surface area (Å²) in [5, 5.41) is 7.97. The average Bonchev–Trinajstić information content (AvgIpc) is 2.61. The van der Waals surface area contributed by atoms with Gasteiger partial charge in [-0.25, -0.2) is 0 Å². The first-order chi connectivity index (χ1) is 11.6. The molecule has 1 fully saturated rings. The lowest BCUT2D eigenvalue weighted by molar-refractivity contribution is -0.136. The molecule has 1 aliphatic rings. The molecule has 0 unspecified atom stereocenters. The standard InChI is InChI=1S/C18H23N3O3/c1-2-12-19-16(22)13-8-10-15(11-9-13)21-18(24)17(23)20-14-6-4-3-5-7-14/h2,8-11,14H,1,3-7,12H2,(H,19,22)(H,20,23)(H,21,24). The van der Waals surface area contributed by atoms with Crippen molar-refractivity contribution in [2.45, 2.75) is 38.1 Å². The van der Waals surface area contributed by atoms with E-state index < -0.39 is 11.8 Å². The van der Waals surface area contributed by atoms with Crippen molar-refractivity contribution in [3.8, 4) is 0 Å². The van der Waals surface area contributed by atoms with Gasteiger partial charge in [0.05, 0.1) is 0 Å². The van der Waals surface area contributed by atoms with Crippen molar-refractivity contribution in [1.29, 1.82) is 0 Å². The van der Waals surface area contributed by atoms with E-state index in [9.17, 15) is 14.4 Å². The molecule has 0 saturated heterocycles. The van der Waals surface area contributed by atoms with Crippen LogP contribution in [0.4, 0.5) is 5.69 Å². The normalized spacial score (nSPS) is 14.5. The number of benzene rings is 1. The maximum absolute atomic E-state index is 11.9. The Balaban J connectivity index is 1.85. The lowest BCUT2D eigenvalue weighted by Gasteiger charge is -2.22. The summed E-state index contributed by atoms with van der Waals surface area (Å²) < 4.78 is 0. The van der Waals surface area contributed by atoms with Gasteiger partial charge in [0.2, 0.25) is 0 Å². The van der Waals surface area contributed by atoms with E-state index in [1.807, 2.05) is 0 Å². The lowest BCUT2D eigenvalue weighted by atomic mass is 9.95. The third-order valence-electron chi connectivity index (χ3n) is 3.96. The predicted octanol–water partition coefficient (Wildman–Crippen LogP) is 1.99. The van der Waals surface area contributed by atoms with E-state index in [0.29, 0.717) is 17.8 Å². The van der Waals surface area contributed by atoms with Crippen LogP contribution in [0.2, 0.25) is 0 Å². The summed E-state index contributed by atoms with van der Waals surface area (Å²) in [4.78, 5) is 35.6. The monoisotopic (exact) mass is 329 g/mol. The number of rotatable bonds is 5. The minimum atomic E-state index is -0.690. The van der Waals surface area contributed by atoms with Gasteiger partial charge < -0.3 is 16.0 Å². The fraction of sp³-hybridized carbons (Fsp3) is 0.389. The maximum atomic E-state index is 11.9. The van der Waals surface area contributed by atoms with Gasteiger partial charge in [0.25, 0.3) is 5.91 Å². The molecule has 6 heteroatoms. The van der Waals surface area contributed by atoms with Gasteiger partial charge in [0.15, 0.2) is 0 Å². The molecule has 0 bridgehead atoms. The summed E-state index contributed by atoms with van der Waals surface area (Å²) in [6.07, 6.45) is 6.80. The van der Waals surface area contributed by atoms with Crippen molar-refractivity contribution in [1.82, 2.24) is 10.6 Å². The molecule has 2 rings (SSSR count). The Hall–Kier alpha value is -2.63. The van der Waals surface area contributed by atoms with Crippen molar-refractivity contribution >= 4 is 23.4 Å². The predicted molar refractivity (Wildman–Crippen MR) is 92.6 cm³/mol. The highest BCUT2D eigenvalue weighted by molar-refractivity contribution is 6.39. The number of anilines is 1. The van der Waals surface area contributed by atoms with Crippen LogP contribution in [0.1, 0.15) is 42.5 Å². The first-order valence-corrected chi connectivity index (χ1v) is 8.21. The van der Waals surface area contributed by atoms with E-state index in [2.05, 4.69) is 22.5 Å². The van der Waals surface area contributed by atoms with Crippen molar-refractivity contribution in [2.24, 2.45) is 0 Å². The molecule has 1 saturated carbocycles. The zero-order valence-electron chi connectivity index (χ0n) is 13.6. The Kier molecular flexibility index (Phi) is 6.54. The van der Waals surface area contributed by atoms with Crippen LogP contribution in [0.15, 0.2) is 36.9 Å². The van der Waals surface area contributed by atoms with E-state index in [1.165, 1.54) is 6.42 Å². The van der Waals surface area contributed by atoms with Gasteiger partial charge in [-0.2, -0.15) is 0 Å². The van der Waals surface area contributed by atoms with Gasteiger partial charge in [-0.1, -0.05) is 25.3 Å². The molecule has 0 radical (unpaired) electrons. The fourth-order valence-electron chi connectivity index (χ4n) is 2.66. The highest BCUT2D eigenvalue weighted by Gasteiger charge is 2.20. The summed E-state index contributed by atoms with van der Waals surface area (Å²) in [6, 6.07) is 6.46. The maximum Gasteiger partial charge on any atom is 0.313 e. The van der Waals surface area contributed by atoms with Gasteiger partial charge in [-0.3, -0.25) is 14.4 Å². The Bertz CT molecular complexity index is 604. The van der Waals surface area contributed by atoms with Crippen LogP contribution in [0.25, 0.3) is 0 Å². The molecule has 1 aromatic rings. The Morgan fingerprint density at radius 3 is 2.33 bits per heavy atom. The molecule has 0 aromatic heterocycles. The van der Waals surface area contributed by atoms with Crippen molar-refractivity contribution in [3.05, 3.63) is 42.5 Å². The molecule has 6 nitrogen and oxygen atoms in total. The van der Waals surface area contributed by atoms with E-state index in [-0.39, 0.29) is 11.9 Å². The second-order valence-electron chi connectivity index (χ2n) is 5.84. The van der Waals surface area contributed by atoms with Crippen LogP contribution in [0.5, 0.6) is 0 Å². The molecule has 128 valence electrons. The van der Waals surface area contributed by atoms with Crippen molar-refractivity contribution < 1.29 is 14.4 Å². The number of carbonyl (C=O) groups is 3. The van der Waals surface area contributed by atoms with E-state index in [0.717, 1.165) is 25.7 Å². The number of amides is 3. The van der Waals surface area contributed by atoms with Crippen molar-refractivity contribution in [3.63, 3.8) is 0 Å². The van der Waals surface area contributed by atoms with Gasteiger partial charge >= 0.3 is 11.8 Å². The van der Waals surface area contributed by atoms with E-state index in [1.54, 1.807) is 30.3 Å². The quantitative estimate of drug-likeness (QED) is 0.570. The second-order valence-corrected chi connectivity index (χ2v) is 5.84. The van der Waals surface area contributed by atoms with Gasteiger partial charge in [-0.15, -0.1) is 6.58 Å². The van der Waals surface area contributed by atoms with Gasteiger partial charge in [0, 0.05) is 23.8 Å². The summed E-state index contributed by atoms with van der Waals surface area (Å²) in [5.74, 6) is -1.53. The largest absolute Gasteiger partial charge is 0.349 e. The molecule has 1 aliphatic carbocycles. The van der Waals surface area contributed by atoms with Crippen LogP contribution in [0, 0.1) is 0 Å². The number of hydrogen-bond acceptors (Lipinski definition) is 3.